The number of ether oxygens (including phenoxy) is 2. The van der Waals surface area contributed by atoms with Gasteiger partial charge in [-0.05, 0) is 30.9 Å². The van der Waals surface area contributed by atoms with E-state index in [1.807, 2.05) is 0 Å². The smallest absolute Gasteiger partial charge is 0.421 e. The van der Waals surface area contributed by atoms with E-state index >= 15 is 0 Å². The molecule has 1 heterocycles. The molecule has 0 saturated heterocycles. The fraction of sp³-hybridized carbons (Fsp3) is 0.500. The second-order valence-electron chi connectivity index (χ2n) is 5.17. The maximum atomic E-state index is 13.1. The molecule has 0 unspecified atom stereocenters. The third-order valence-corrected chi connectivity index (χ3v) is 3.71. The van der Waals surface area contributed by atoms with Gasteiger partial charge < -0.3 is 15.2 Å². The number of halogens is 5. The summed E-state index contributed by atoms with van der Waals surface area (Å²) in [5, 5.41) is 0.130. The van der Waals surface area contributed by atoms with Crippen molar-refractivity contribution in [2.24, 2.45) is 5.73 Å². The summed E-state index contributed by atoms with van der Waals surface area (Å²) < 4.78 is 60.3. The number of hydrogen-bond donors (Lipinski definition) is 1. The molecule has 1 aliphatic heterocycles. The van der Waals surface area contributed by atoms with Crippen molar-refractivity contribution in [3.63, 3.8) is 0 Å². The summed E-state index contributed by atoms with van der Waals surface area (Å²) >= 11 is 5.94. The average Bonchev–Trinajstić information content (AvgIpc) is 3.00. The summed E-state index contributed by atoms with van der Waals surface area (Å²) in [7, 11) is 0. The van der Waals surface area contributed by atoms with Crippen LogP contribution in [-0.4, -0.2) is 17.8 Å². The van der Waals surface area contributed by atoms with Crippen LogP contribution in [0.15, 0.2) is 12.1 Å². The van der Waals surface area contributed by atoms with Gasteiger partial charge in [-0.1, -0.05) is 11.6 Å². The van der Waals surface area contributed by atoms with E-state index in [2.05, 4.69) is 9.47 Å². The molecule has 1 aromatic rings. The van der Waals surface area contributed by atoms with E-state index in [0.29, 0.717) is 12.0 Å². The first-order valence-electron chi connectivity index (χ1n) is 5.87. The summed E-state index contributed by atoms with van der Waals surface area (Å²) in [5.41, 5.74) is 5.99. The Kier molecular flexibility index (Phi) is 2.69. The van der Waals surface area contributed by atoms with Crippen molar-refractivity contribution in [2.75, 3.05) is 0 Å². The zero-order valence-corrected chi connectivity index (χ0v) is 10.8. The van der Waals surface area contributed by atoms with Gasteiger partial charge >= 0.3 is 12.2 Å². The minimum absolute atomic E-state index is 0.130. The highest BCUT2D eigenvalue weighted by Gasteiger charge is 2.66. The highest BCUT2D eigenvalue weighted by atomic mass is 35.5. The van der Waals surface area contributed by atoms with Gasteiger partial charge in [0, 0.05) is 16.6 Å². The van der Waals surface area contributed by atoms with Crippen molar-refractivity contribution >= 4 is 11.6 Å². The van der Waals surface area contributed by atoms with E-state index < -0.39 is 29.3 Å². The number of benzene rings is 1. The molecule has 1 aromatic carbocycles. The Morgan fingerprint density at radius 2 is 1.55 bits per heavy atom. The van der Waals surface area contributed by atoms with Gasteiger partial charge in [0.05, 0.1) is 0 Å². The lowest BCUT2D eigenvalue weighted by Gasteiger charge is -2.32. The van der Waals surface area contributed by atoms with Gasteiger partial charge in [0.15, 0.2) is 11.5 Å². The molecule has 3 nitrogen and oxygen atoms in total. The van der Waals surface area contributed by atoms with E-state index in [-0.39, 0.29) is 5.02 Å². The third-order valence-electron chi connectivity index (χ3n) is 3.36. The van der Waals surface area contributed by atoms with Gasteiger partial charge in [-0.25, -0.2) is 0 Å². The van der Waals surface area contributed by atoms with Gasteiger partial charge in [0.1, 0.15) is 0 Å². The first-order valence-corrected chi connectivity index (χ1v) is 6.25. The van der Waals surface area contributed by atoms with Crippen LogP contribution in [0.5, 0.6) is 11.5 Å². The van der Waals surface area contributed by atoms with Crippen LogP contribution >= 0.6 is 11.6 Å². The molecule has 8 heteroatoms. The fourth-order valence-electron chi connectivity index (χ4n) is 1.98. The molecular weight excluding hydrogens is 302 g/mol. The molecule has 2 N–H and O–H groups in total. The molecule has 1 fully saturated rings. The maximum Gasteiger partial charge on any atom is 0.507 e. The molecule has 2 aliphatic rings. The largest absolute Gasteiger partial charge is 0.507 e. The van der Waals surface area contributed by atoms with E-state index in [4.69, 9.17) is 17.3 Å². The van der Waals surface area contributed by atoms with Crippen LogP contribution in [-0.2, 0) is 6.42 Å². The second-order valence-corrected chi connectivity index (χ2v) is 5.57. The Labute approximate surface area is 116 Å². The summed E-state index contributed by atoms with van der Waals surface area (Å²) in [4.78, 5) is 0. The van der Waals surface area contributed by atoms with Crippen molar-refractivity contribution in [1.29, 1.82) is 0 Å². The summed E-state index contributed by atoms with van der Waals surface area (Å²) in [6.45, 7) is 0. The standard InChI is InChI=1S/C12H10ClF4NO2/c13-7-4-9-8(3-6(7)5-10(18)1-2-10)19-11(14,15)12(16,17)20-9/h3-4H,1-2,5,18H2. The summed E-state index contributed by atoms with van der Waals surface area (Å²) in [6.07, 6.45) is -7.51. The van der Waals surface area contributed by atoms with Gasteiger partial charge in [0.2, 0.25) is 0 Å². The van der Waals surface area contributed by atoms with Gasteiger partial charge in [-0.3, -0.25) is 0 Å². The number of rotatable bonds is 2. The Bertz CT molecular complexity index is 575. The number of fused-ring (bicyclic) bond motifs is 1. The fourth-order valence-corrected chi connectivity index (χ4v) is 2.20. The molecule has 0 aromatic heterocycles. The Balaban J connectivity index is 1.97. The lowest BCUT2D eigenvalue weighted by molar-refractivity contribution is -0.391. The van der Waals surface area contributed by atoms with Crippen LogP contribution < -0.4 is 15.2 Å². The van der Waals surface area contributed by atoms with Crippen molar-refractivity contribution < 1.29 is 27.0 Å². The molecule has 0 amide bonds. The molecule has 0 atom stereocenters. The molecule has 20 heavy (non-hydrogen) atoms. The predicted octanol–water partition coefficient (Wildman–Crippen LogP) is 3.33. The summed E-state index contributed by atoms with van der Waals surface area (Å²) in [5.74, 6) is -0.985. The molecule has 3 rings (SSSR count). The zero-order valence-electron chi connectivity index (χ0n) is 10.1. The molecule has 0 radical (unpaired) electrons. The maximum absolute atomic E-state index is 13.1. The molecule has 0 spiro atoms. The SMILES string of the molecule is NC1(Cc2cc3c(cc2Cl)OC(F)(F)C(F)(F)O3)CC1. The normalized spacial score (nSPS) is 24.3. The molecule has 0 bridgehead atoms. The van der Waals surface area contributed by atoms with E-state index in [1.165, 1.54) is 6.07 Å². The molecule has 1 saturated carbocycles. The van der Waals surface area contributed by atoms with Gasteiger partial charge in [-0.2, -0.15) is 17.6 Å². The van der Waals surface area contributed by atoms with E-state index in [1.54, 1.807) is 0 Å². The second kappa shape index (κ2) is 3.92. The Morgan fingerprint density at radius 1 is 1.05 bits per heavy atom. The molecule has 1 aliphatic carbocycles. The molecule has 110 valence electrons. The van der Waals surface area contributed by atoms with Crippen LogP contribution in [0.25, 0.3) is 0 Å². The van der Waals surface area contributed by atoms with Crippen LogP contribution in [0.2, 0.25) is 5.02 Å². The van der Waals surface area contributed by atoms with Gasteiger partial charge in [-0.15, -0.1) is 0 Å². The lowest BCUT2D eigenvalue weighted by Crippen LogP contribution is -2.52. The van der Waals surface area contributed by atoms with Crippen molar-refractivity contribution in [2.45, 2.75) is 37.0 Å². The van der Waals surface area contributed by atoms with E-state index in [0.717, 1.165) is 18.9 Å². The zero-order chi connectivity index (χ0) is 14.8. The predicted molar refractivity (Wildman–Crippen MR) is 62.5 cm³/mol. The molecular formula is C12H10ClF4NO2. The number of hydrogen-bond acceptors (Lipinski definition) is 3. The highest BCUT2D eigenvalue weighted by molar-refractivity contribution is 6.31. The third kappa shape index (κ3) is 2.18. The highest BCUT2D eigenvalue weighted by Crippen LogP contribution is 2.49. The Morgan fingerprint density at radius 3 is 2.05 bits per heavy atom. The van der Waals surface area contributed by atoms with Gasteiger partial charge in [0.25, 0.3) is 0 Å². The van der Waals surface area contributed by atoms with Crippen LogP contribution in [0, 0.1) is 0 Å². The van der Waals surface area contributed by atoms with Crippen molar-refractivity contribution in [3.05, 3.63) is 22.7 Å². The van der Waals surface area contributed by atoms with Crippen LogP contribution in [0.3, 0.4) is 0 Å². The first kappa shape index (κ1) is 13.8. The quantitative estimate of drug-likeness (QED) is 0.852. The summed E-state index contributed by atoms with van der Waals surface area (Å²) in [6, 6.07) is 2.22. The minimum Gasteiger partial charge on any atom is -0.421 e. The lowest BCUT2D eigenvalue weighted by atomic mass is 10.0. The number of nitrogens with two attached hydrogens (primary N) is 1. The van der Waals surface area contributed by atoms with Crippen LogP contribution in [0.4, 0.5) is 17.6 Å². The van der Waals surface area contributed by atoms with E-state index in [9.17, 15) is 17.6 Å². The monoisotopic (exact) mass is 311 g/mol. The van der Waals surface area contributed by atoms with Crippen LogP contribution in [0.1, 0.15) is 18.4 Å². The minimum atomic E-state index is -4.74. The number of alkyl halides is 4. The first-order chi connectivity index (χ1) is 9.12. The Hall–Kier alpha value is -1.21. The van der Waals surface area contributed by atoms with Crippen molar-refractivity contribution in [1.82, 2.24) is 0 Å². The average molecular weight is 312 g/mol. The van der Waals surface area contributed by atoms with Crippen molar-refractivity contribution in [3.8, 4) is 11.5 Å². The topological polar surface area (TPSA) is 44.5 Å².